The van der Waals surface area contributed by atoms with Gasteiger partial charge in [-0.3, -0.25) is 4.79 Å². The molecular weight excluding hydrogens is 392 g/mol. The fraction of sp³-hybridized carbons (Fsp3) is 0.720. The molecule has 0 spiro atoms. The van der Waals surface area contributed by atoms with Crippen molar-refractivity contribution >= 4 is 5.91 Å². The van der Waals surface area contributed by atoms with E-state index in [1.165, 1.54) is 0 Å². The van der Waals surface area contributed by atoms with Crippen LogP contribution >= 0.6 is 0 Å². The van der Waals surface area contributed by atoms with Gasteiger partial charge in [0.2, 0.25) is 5.91 Å². The maximum atomic E-state index is 13.7. The van der Waals surface area contributed by atoms with Crippen molar-refractivity contribution in [2.45, 2.75) is 84.9 Å². The second-order valence-electron chi connectivity index (χ2n) is 8.52. The van der Waals surface area contributed by atoms with E-state index in [0.717, 1.165) is 44.3 Å². The molecule has 0 aliphatic carbocycles. The van der Waals surface area contributed by atoms with Gasteiger partial charge < -0.3 is 24.4 Å². The van der Waals surface area contributed by atoms with E-state index in [9.17, 15) is 4.79 Å². The summed E-state index contributed by atoms with van der Waals surface area (Å²) in [5.41, 5.74) is 0.746. The molecule has 0 aromatic carbocycles. The van der Waals surface area contributed by atoms with Crippen molar-refractivity contribution in [3.05, 3.63) is 35.8 Å². The lowest BCUT2D eigenvalue weighted by molar-refractivity contribution is -0.132. The summed E-state index contributed by atoms with van der Waals surface area (Å²) >= 11 is 0. The monoisotopic (exact) mass is 436 g/mol. The summed E-state index contributed by atoms with van der Waals surface area (Å²) in [5, 5.41) is 3.43. The van der Waals surface area contributed by atoms with Gasteiger partial charge in [-0.1, -0.05) is 19.9 Å². The Morgan fingerprint density at radius 2 is 1.97 bits per heavy atom. The number of piperidine rings is 1. The number of carbonyl (C=O) groups excluding carboxylic acids is 1. The molecule has 1 rings (SSSR count). The Labute approximate surface area is 189 Å². The summed E-state index contributed by atoms with van der Waals surface area (Å²) in [6, 6.07) is 0.334. The number of methoxy groups -OCH3 is 1. The maximum Gasteiger partial charge on any atom is 0.250 e. The lowest BCUT2D eigenvalue weighted by atomic mass is 10.0. The number of ether oxygens (including phenoxy) is 3. The van der Waals surface area contributed by atoms with Gasteiger partial charge in [0.05, 0.1) is 12.7 Å². The van der Waals surface area contributed by atoms with Crippen LogP contribution in [0.3, 0.4) is 0 Å². The van der Waals surface area contributed by atoms with Gasteiger partial charge in [0.25, 0.3) is 0 Å². The highest BCUT2D eigenvalue weighted by atomic mass is 16.5. The Morgan fingerprint density at radius 3 is 2.48 bits per heavy atom. The summed E-state index contributed by atoms with van der Waals surface area (Å²) in [4.78, 5) is 15.7. The van der Waals surface area contributed by atoms with Crippen LogP contribution in [-0.4, -0.2) is 62.4 Å². The molecule has 6 nitrogen and oxygen atoms in total. The zero-order valence-electron chi connectivity index (χ0n) is 20.5. The van der Waals surface area contributed by atoms with Crippen molar-refractivity contribution in [3.63, 3.8) is 0 Å². The first-order chi connectivity index (χ1) is 14.8. The standard InChI is InChI=1S/C25H44N2O4/c1-8-12-21(25(28)27(19(3)4)22-13-10-14-26-18-22)17-24(30-16-11-15-29-7)23(9-2)31-20(5)6/h9,17,19-20,22,26H,2,8,10-16,18H2,1,3-7H3/b21-17+,24-23-/t22-/m1/s1. The molecule has 0 aromatic rings. The number of nitrogens with zero attached hydrogens (tertiary/aromatic N) is 1. The quantitative estimate of drug-likeness (QED) is 0.187. The van der Waals surface area contributed by atoms with Crippen LogP contribution in [0.5, 0.6) is 0 Å². The van der Waals surface area contributed by atoms with Crippen LogP contribution in [0.25, 0.3) is 0 Å². The predicted molar refractivity (Wildman–Crippen MR) is 127 cm³/mol. The van der Waals surface area contributed by atoms with Crippen LogP contribution in [0, 0.1) is 0 Å². The van der Waals surface area contributed by atoms with Crippen molar-refractivity contribution in [3.8, 4) is 0 Å². The van der Waals surface area contributed by atoms with Gasteiger partial charge >= 0.3 is 0 Å². The molecule has 1 amide bonds. The minimum atomic E-state index is -0.0234. The van der Waals surface area contributed by atoms with Gasteiger partial charge in [-0.2, -0.15) is 0 Å². The first-order valence-electron chi connectivity index (χ1n) is 11.7. The summed E-state index contributed by atoms with van der Waals surface area (Å²) < 4.78 is 17.1. The Kier molecular flexibility index (Phi) is 13.3. The molecule has 0 radical (unpaired) electrons. The summed E-state index contributed by atoms with van der Waals surface area (Å²) in [6.45, 7) is 17.0. The van der Waals surface area contributed by atoms with E-state index in [1.807, 2.05) is 24.8 Å². The average Bonchev–Trinajstić information content (AvgIpc) is 2.74. The van der Waals surface area contributed by atoms with Crippen LogP contribution < -0.4 is 5.32 Å². The SMILES string of the molecule is C=C/C(OC(C)C)=C(\C=C(/CCC)C(=O)N(C(C)C)[C@@H]1CCCNC1)OCCCOC. The number of hydrogen-bond donors (Lipinski definition) is 1. The molecular formula is C25H44N2O4. The minimum Gasteiger partial charge on any atom is -0.490 e. The molecule has 0 bridgehead atoms. The third-order valence-corrected chi connectivity index (χ3v) is 5.10. The zero-order chi connectivity index (χ0) is 23.2. The maximum absolute atomic E-state index is 13.7. The number of allylic oxidation sites excluding steroid dienone is 2. The van der Waals surface area contributed by atoms with Crippen molar-refractivity contribution in [1.29, 1.82) is 0 Å². The average molecular weight is 437 g/mol. The van der Waals surface area contributed by atoms with Crippen LogP contribution in [0.4, 0.5) is 0 Å². The van der Waals surface area contributed by atoms with Crippen LogP contribution in [0.1, 0.15) is 66.7 Å². The highest BCUT2D eigenvalue weighted by Crippen LogP contribution is 2.23. The smallest absolute Gasteiger partial charge is 0.250 e. The van der Waals surface area contributed by atoms with E-state index in [1.54, 1.807) is 13.2 Å². The van der Waals surface area contributed by atoms with Gasteiger partial charge in [-0.15, -0.1) is 0 Å². The fourth-order valence-corrected chi connectivity index (χ4v) is 3.76. The number of rotatable bonds is 14. The topological polar surface area (TPSA) is 60.0 Å². The van der Waals surface area contributed by atoms with Gasteiger partial charge in [0, 0.05) is 44.3 Å². The van der Waals surface area contributed by atoms with Crippen molar-refractivity contribution in [1.82, 2.24) is 10.2 Å². The van der Waals surface area contributed by atoms with Crippen molar-refractivity contribution in [2.24, 2.45) is 0 Å². The second kappa shape index (κ2) is 15.1. The molecule has 1 N–H and O–H groups in total. The Balaban J connectivity index is 3.28. The highest BCUT2D eigenvalue weighted by Gasteiger charge is 2.29. The first kappa shape index (κ1) is 27.2. The van der Waals surface area contributed by atoms with Crippen LogP contribution in [-0.2, 0) is 19.0 Å². The number of amides is 1. The Hall–Kier alpha value is -1.79. The van der Waals surface area contributed by atoms with E-state index in [-0.39, 0.29) is 24.1 Å². The fourth-order valence-electron chi connectivity index (χ4n) is 3.76. The summed E-state index contributed by atoms with van der Waals surface area (Å²) in [6.07, 6.45) is 7.92. The summed E-state index contributed by atoms with van der Waals surface area (Å²) in [7, 11) is 1.67. The van der Waals surface area contributed by atoms with E-state index < -0.39 is 0 Å². The molecule has 1 aliphatic rings. The molecule has 0 saturated carbocycles. The van der Waals surface area contributed by atoms with E-state index in [0.29, 0.717) is 31.2 Å². The van der Waals surface area contributed by atoms with Gasteiger partial charge in [-0.05, 0) is 65.7 Å². The number of carbonyl (C=O) groups is 1. The lowest BCUT2D eigenvalue weighted by Gasteiger charge is -2.38. The number of hydrogen-bond acceptors (Lipinski definition) is 5. The highest BCUT2D eigenvalue weighted by molar-refractivity contribution is 5.94. The normalized spacial score (nSPS) is 18.1. The molecule has 31 heavy (non-hydrogen) atoms. The summed E-state index contributed by atoms with van der Waals surface area (Å²) in [5.74, 6) is 1.20. The third kappa shape index (κ3) is 9.48. The van der Waals surface area contributed by atoms with Gasteiger partial charge in [0.1, 0.15) is 0 Å². The predicted octanol–water partition coefficient (Wildman–Crippen LogP) is 4.58. The molecule has 1 aliphatic heterocycles. The molecule has 0 unspecified atom stereocenters. The molecule has 6 heteroatoms. The Bertz CT molecular complexity index is 605. The minimum absolute atomic E-state index is 0.0234. The van der Waals surface area contributed by atoms with Gasteiger partial charge in [0.15, 0.2) is 11.5 Å². The molecule has 178 valence electrons. The Morgan fingerprint density at radius 1 is 1.23 bits per heavy atom. The molecule has 1 fully saturated rings. The van der Waals surface area contributed by atoms with Crippen LogP contribution in [0.15, 0.2) is 35.8 Å². The largest absolute Gasteiger partial charge is 0.490 e. The van der Waals surface area contributed by atoms with Crippen molar-refractivity contribution in [2.75, 3.05) is 33.4 Å². The zero-order valence-corrected chi connectivity index (χ0v) is 20.5. The van der Waals surface area contributed by atoms with E-state index in [2.05, 4.69) is 32.7 Å². The third-order valence-electron chi connectivity index (χ3n) is 5.10. The molecule has 1 heterocycles. The number of nitrogens with one attached hydrogen (secondary N) is 1. The molecule has 0 aromatic heterocycles. The van der Waals surface area contributed by atoms with Gasteiger partial charge in [-0.25, -0.2) is 0 Å². The van der Waals surface area contributed by atoms with E-state index in [4.69, 9.17) is 14.2 Å². The lowest BCUT2D eigenvalue weighted by Crippen LogP contribution is -2.52. The second-order valence-corrected chi connectivity index (χ2v) is 8.52. The molecule has 1 saturated heterocycles. The molecule has 1 atom stereocenters. The van der Waals surface area contributed by atoms with Crippen LogP contribution in [0.2, 0.25) is 0 Å². The van der Waals surface area contributed by atoms with E-state index >= 15 is 0 Å². The first-order valence-corrected chi connectivity index (χ1v) is 11.7. The van der Waals surface area contributed by atoms with Crippen molar-refractivity contribution < 1.29 is 19.0 Å².